The number of amides is 1. The SMILES string of the molecule is Cc1cc(-c2[nH]c3sc(C(=O)N(C)C4CCCC4)cc3c2C(C)C)cn2ncnc12. The van der Waals surface area contributed by atoms with Gasteiger partial charge in [0.25, 0.3) is 5.91 Å². The number of hydrogen-bond donors (Lipinski definition) is 1. The van der Waals surface area contributed by atoms with Gasteiger partial charge in [-0.2, -0.15) is 5.10 Å². The highest BCUT2D eigenvalue weighted by Gasteiger charge is 2.27. The van der Waals surface area contributed by atoms with Crippen molar-refractivity contribution in [3.8, 4) is 11.3 Å². The summed E-state index contributed by atoms with van der Waals surface area (Å²) in [6.45, 7) is 6.47. The highest BCUT2D eigenvalue weighted by Crippen LogP contribution is 2.40. The second kappa shape index (κ2) is 7.23. The van der Waals surface area contributed by atoms with Crippen LogP contribution in [0.1, 0.15) is 66.2 Å². The molecule has 0 saturated heterocycles. The Morgan fingerprint density at radius 1 is 1.30 bits per heavy atom. The average Bonchev–Trinajstić information content (AvgIpc) is 3.49. The maximum absolute atomic E-state index is 13.1. The number of rotatable bonds is 4. The highest BCUT2D eigenvalue weighted by molar-refractivity contribution is 7.20. The molecule has 156 valence electrons. The van der Waals surface area contributed by atoms with E-state index in [4.69, 9.17) is 0 Å². The fraction of sp³-hybridized carbons (Fsp3) is 0.435. The lowest BCUT2D eigenvalue weighted by molar-refractivity contribution is 0.0740. The van der Waals surface area contributed by atoms with E-state index < -0.39 is 0 Å². The Balaban J connectivity index is 1.58. The first kappa shape index (κ1) is 19.3. The molecule has 6 nitrogen and oxygen atoms in total. The first-order valence-corrected chi connectivity index (χ1v) is 11.5. The van der Waals surface area contributed by atoms with E-state index in [1.807, 2.05) is 22.7 Å². The fourth-order valence-corrected chi connectivity index (χ4v) is 5.85. The van der Waals surface area contributed by atoms with E-state index in [2.05, 4.69) is 48.0 Å². The van der Waals surface area contributed by atoms with Crippen LogP contribution in [0.25, 0.3) is 27.1 Å². The zero-order valence-corrected chi connectivity index (χ0v) is 18.7. The standard InChI is InChI=1S/C23H27N5OS/c1-13(2)19-17-10-18(23(29)27(4)16-7-5-6-8-16)30-22(17)26-20(19)15-9-14(3)21-24-12-25-28(21)11-15/h9-13,16,26H,5-8H2,1-4H3. The van der Waals surface area contributed by atoms with Crippen LogP contribution in [0.3, 0.4) is 0 Å². The Hall–Kier alpha value is -2.67. The molecule has 0 radical (unpaired) electrons. The van der Waals surface area contributed by atoms with Crippen molar-refractivity contribution >= 4 is 33.1 Å². The summed E-state index contributed by atoms with van der Waals surface area (Å²) in [5.74, 6) is 0.471. The van der Waals surface area contributed by atoms with Crippen molar-refractivity contribution in [2.24, 2.45) is 0 Å². The molecule has 0 aromatic carbocycles. The summed E-state index contributed by atoms with van der Waals surface area (Å²) >= 11 is 1.57. The molecule has 1 N–H and O–H groups in total. The second-order valence-electron chi connectivity index (χ2n) is 8.72. The van der Waals surface area contributed by atoms with E-state index in [0.29, 0.717) is 12.0 Å². The lowest BCUT2D eigenvalue weighted by Gasteiger charge is -2.23. The number of fused-ring (bicyclic) bond motifs is 2. The van der Waals surface area contributed by atoms with Crippen LogP contribution in [0, 0.1) is 6.92 Å². The van der Waals surface area contributed by atoms with Gasteiger partial charge in [0.1, 0.15) is 11.2 Å². The minimum atomic E-state index is 0.146. The van der Waals surface area contributed by atoms with Crippen LogP contribution in [-0.4, -0.2) is 43.5 Å². The van der Waals surface area contributed by atoms with E-state index in [9.17, 15) is 4.79 Å². The summed E-state index contributed by atoms with van der Waals surface area (Å²) < 4.78 is 1.83. The van der Waals surface area contributed by atoms with Crippen molar-refractivity contribution < 1.29 is 4.79 Å². The number of aryl methyl sites for hydroxylation is 1. The van der Waals surface area contributed by atoms with Gasteiger partial charge in [0, 0.05) is 30.2 Å². The third kappa shape index (κ3) is 3.03. The first-order chi connectivity index (χ1) is 14.4. The Bertz CT molecular complexity index is 1240. The molecule has 30 heavy (non-hydrogen) atoms. The van der Waals surface area contributed by atoms with Gasteiger partial charge >= 0.3 is 0 Å². The molecule has 7 heteroatoms. The van der Waals surface area contributed by atoms with Crippen LogP contribution in [0.5, 0.6) is 0 Å². The number of hydrogen-bond acceptors (Lipinski definition) is 4. The number of pyridine rings is 1. The van der Waals surface area contributed by atoms with Gasteiger partial charge in [0.15, 0.2) is 5.65 Å². The number of nitrogens with one attached hydrogen (secondary N) is 1. The minimum Gasteiger partial charge on any atom is -0.346 e. The predicted molar refractivity (Wildman–Crippen MR) is 121 cm³/mol. The fourth-order valence-electron chi connectivity index (χ4n) is 4.79. The summed E-state index contributed by atoms with van der Waals surface area (Å²) in [7, 11) is 1.96. The summed E-state index contributed by atoms with van der Waals surface area (Å²) in [5.41, 5.74) is 5.42. The molecular formula is C23H27N5OS. The van der Waals surface area contributed by atoms with E-state index >= 15 is 0 Å². The van der Waals surface area contributed by atoms with Crippen LogP contribution in [0.15, 0.2) is 24.7 Å². The molecule has 1 amide bonds. The second-order valence-corrected chi connectivity index (χ2v) is 9.77. The zero-order valence-electron chi connectivity index (χ0n) is 17.9. The molecule has 0 spiro atoms. The Morgan fingerprint density at radius 3 is 2.80 bits per heavy atom. The van der Waals surface area contributed by atoms with Crippen LogP contribution in [-0.2, 0) is 0 Å². The van der Waals surface area contributed by atoms with Gasteiger partial charge in [0.2, 0.25) is 0 Å². The molecule has 1 aliphatic carbocycles. The molecule has 0 aliphatic heterocycles. The number of aromatic amines is 1. The van der Waals surface area contributed by atoms with Gasteiger partial charge in [-0.25, -0.2) is 9.50 Å². The number of nitrogens with zero attached hydrogens (tertiary/aromatic N) is 4. The monoisotopic (exact) mass is 421 g/mol. The van der Waals surface area contributed by atoms with Gasteiger partial charge in [-0.3, -0.25) is 4.79 Å². The normalized spacial score (nSPS) is 15.1. The van der Waals surface area contributed by atoms with Crippen LogP contribution < -0.4 is 0 Å². The lowest BCUT2D eigenvalue weighted by Crippen LogP contribution is -2.34. The van der Waals surface area contributed by atoms with Crippen LogP contribution in [0.2, 0.25) is 0 Å². The molecule has 0 atom stereocenters. The average molecular weight is 422 g/mol. The van der Waals surface area contributed by atoms with Gasteiger partial charge in [0.05, 0.1) is 10.6 Å². The number of carbonyl (C=O) groups excluding carboxylic acids is 1. The van der Waals surface area contributed by atoms with Gasteiger partial charge in [-0.15, -0.1) is 11.3 Å². The maximum Gasteiger partial charge on any atom is 0.264 e. The maximum atomic E-state index is 13.1. The minimum absolute atomic E-state index is 0.146. The van der Waals surface area contributed by atoms with Crippen molar-refractivity contribution in [2.45, 2.75) is 58.4 Å². The lowest BCUT2D eigenvalue weighted by atomic mass is 9.97. The number of thiophene rings is 1. The van der Waals surface area contributed by atoms with Crippen molar-refractivity contribution in [3.63, 3.8) is 0 Å². The Morgan fingerprint density at radius 2 is 2.07 bits per heavy atom. The van der Waals surface area contributed by atoms with Crippen molar-refractivity contribution in [3.05, 3.63) is 40.7 Å². The number of H-pyrrole nitrogens is 1. The van der Waals surface area contributed by atoms with E-state index in [-0.39, 0.29) is 5.91 Å². The van der Waals surface area contributed by atoms with Gasteiger partial charge in [-0.05, 0) is 48.9 Å². The predicted octanol–water partition coefficient (Wildman–Crippen LogP) is 5.39. The quantitative estimate of drug-likeness (QED) is 0.481. The summed E-state index contributed by atoms with van der Waals surface area (Å²) in [4.78, 5) is 24.9. The van der Waals surface area contributed by atoms with E-state index in [0.717, 1.165) is 50.4 Å². The van der Waals surface area contributed by atoms with Gasteiger partial charge < -0.3 is 9.88 Å². The highest BCUT2D eigenvalue weighted by atomic mass is 32.1. The summed E-state index contributed by atoms with van der Waals surface area (Å²) in [6, 6.07) is 4.63. The smallest absolute Gasteiger partial charge is 0.264 e. The largest absolute Gasteiger partial charge is 0.346 e. The van der Waals surface area contributed by atoms with Crippen molar-refractivity contribution in [1.29, 1.82) is 0 Å². The molecule has 4 aromatic rings. The molecule has 4 heterocycles. The Labute approximate surface area is 179 Å². The molecule has 1 fully saturated rings. The van der Waals surface area contributed by atoms with E-state index in [1.54, 1.807) is 17.7 Å². The van der Waals surface area contributed by atoms with Gasteiger partial charge in [-0.1, -0.05) is 26.7 Å². The first-order valence-electron chi connectivity index (χ1n) is 10.7. The summed E-state index contributed by atoms with van der Waals surface area (Å²) in [6.07, 6.45) is 8.31. The zero-order chi connectivity index (χ0) is 21.0. The number of aromatic nitrogens is 4. The van der Waals surface area contributed by atoms with Crippen LogP contribution in [0.4, 0.5) is 0 Å². The molecule has 5 rings (SSSR count). The molecule has 1 saturated carbocycles. The molecule has 1 aliphatic rings. The Kier molecular flexibility index (Phi) is 4.65. The third-order valence-electron chi connectivity index (χ3n) is 6.36. The van der Waals surface area contributed by atoms with Crippen molar-refractivity contribution in [2.75, 3.05) is 7.05 Å². The molecular weight excluding hydrogens is 394 g/mol. The summed E-state index contributed by atoms with van der Waals surface area (Å²) in [5, 5.41) is 5.48. The molecule has 4 aromatic heterocycles. The third-order valence-corrected chi connectivity index (χ3v) is 7.40. The molecule has 0 unspecified atom stereocenters. The molecule has 0 bridgehead atoms. The topological polar surface area (TPSA) is 66.3 Å². The van der Waals surface area contributed by atoms with E-state index in [1.165, 1.54) is 18.4 Å². The van der Waals surface area contributed by atoms with Crippen molar-refractivity contribution in [1.82, 2.24) is 24.5 Å². The van der Waals surface area contributed by atoms with Crippen LogP contribution >= 0.6 is 11.3 Å². The number of carbonyl (C=O) groups is 1.